The van der Waals surface area contributed by atoms with Crippen molar-refractivity contribution in [3.05, 3.63) is 23.6 Å². The van der Waals surface area contributed by atoms with Gasteiger partial charge in [-0.1, -0.05) is 0 Å². The van der Waals surface area contributed by atoms with Gasteiger partial charge in [0.05, 0.1) is 19.3 Å². The van der Waals surface area contributed by atoms with Gasteiger partial charge in [0.25, 0.3) is 0 Å². The Bertz CT molecular complexity index is 365. The summed E-state index contributed by atoms with van der Waals surface area (Å²) in [5, 5.41) is 0. The first-order valence-electron chi connectivity index (χ1n) is 4.52. The number of hydrogen-bond acceptors (Lipinski definition) is 3. The SMILES string of the molecule is COc1ncc(F)cc1[C@H]1CCC=N1. The molecule has 1 aromatic heterocycles. The van der Waals surface area contributed by atoms with E-state index in [0.29, 0.717) is 5.88 Å². The Morgan fingerprint density at radius 1 is 1.57 bits per heavy atom. The van der Waals surface area contributed by atoms with Crippen LogP contribution in [0.5, 0.6) is 5.88 Å². The van der Waals surface area contributed by atoms with Crippen molar-refractivity contribution in [2.75, 3.05) is 7.11 Å². The number of methoxy groups -OCH3 is 1. The first-order chi connectivity index (χ1) is 6.81. The van der Waals surface area contributed by atoms with E-state index in [1.165, 1.54) is 13.2 Å². The van der Waals surface area contributed by atoms with Crippen LogP contribution in [0.3, 0.4) is 0 Å². The van der Waals surface area contributed by atoms with Crippen molar-refractivity contribution in [3.63, 3.8) is 0 Å². The van der Waals surface area contributed by atoms with Gasteiger partial charge in [0.2, 0.25) is 5.88 Å². The molecule has 2 rings (SSSR count). The van der Waals surface area contributed by atoms with Crippen molar-refractivity contribution in [2.45, 2.75) is 18.9 Å². The maximum Gasteiger partial charge on any atom is 0.218 e. The second kappa shape index (κ2) is 3.74. The lowest BCUT2D eigenvalue weighted by atomic mass is 10.1. The fourth-order valence-corrected chi connectivity index (χ4v) is 1.60. The van der Waals surface area contributed by atoms with Gasteiger partial charge in [0, 0.05) is 5.56 Å². The highest BCUT2D eigenvalue weighted by atomic mass is 19.1. The zero-order valence-electron chi connectivity index (χ0n) is 7.90. The summed E-state index contributed by atoms with van der Waals surface area (Å²) >= 11 is 0. The number of pyridine rings is 1. The van der Waals surface area contributed by atoms with Crippen LogP contribution in [0.15, 0.2) is 17.3 Å². The molecule has 0 amide bonds. The Kier molecular flexibility index (Phi) is 2.43. The molecule has 1 aliphatic heterocycles. The molecule has 0 saturated carbocycles. The lowest BCUT2D eigenvalue weighted by molar-refractivity contribution is 0.386. The van der Waals surface area contributed by atoms with Crippen molar-refractivity contribution < 1.29 is 9.13 Å². The van der Waals surface area contributed by atoms with Crippen LogP contribution in [0, 0.1) is 5.82 Å². The number of nitrogens with zero attached hydrogens (tertiary/aromatic N) is 2. The molecule has 0 bridgehead atoms. The molecule has 0 saturated heterocycles. The van der Waals surface area contributed by atoms with Crippen LogP contribution < -0.4 is 4.74 Å². The van der Waals surface area contributed by atoms with Gasteiger partial charge in [-0.15, -0.1) is 0 Å². The second-order valence-electron chi connectivity index (χ2n) is 3.18. The molecular weight excluding hydrogens is 183 g/mol. The van der Waals surface area contributed by atoms with E-state index < -0.39 is 0 Å². The minimum Gasteiger partial charge on any atom is -0.481 e. The number of aromatic nitrogens is 1. The van der Waals surface area contributed by atoms with Crippen molar-refractivity contribution in [3.8, 4) is 5.88 Å². The third kappa shape index (κ3) is 1.60. The molecule has 1 aliphatic rings. The van der Waals surface area contributed by atoms with E-state index in [9.17, 15) is 4.39 Å². The minimum atomic E-state index is -0.345. The van der Waals surface area contributed by atoms with Crippen LogP contribution in [0.2, 0.25) is 0 Å². The van der Waals surface area contributed by atoms with E-state index in [4.69, 9.17) is 4.74 Å². The lowest BCUT2D eigenvalue weighted by Crippen LogP contribution is -1.99. The summed E-state index contributed by atoms with van der Waals surface area (Å²) in [7, 11) is 1.53. The van der Waals surface area contributed by atoms with Crippen molar-refractivity contribution in [1.82, 2.24) is 4.98 Å². The zero-order valence-corrected chi connectivity index (χ0v) is 7.90. The summed E-state index contributed by atoms with van der Waals surface area (Å²) in [6, 6.07) is 1.45. The van der Waals surface area contributed by atoms with Gasteiger partial charge in [-0.05, 0) is 25.1 Å². The van der Waals surface area contributed by atoms with Gasteiger partial charge < -0.3 is 4.74 Å². The molecule has 3 nitrogen and oxygen atoms in total. The molecule has 0 spiro atoms. The highest BCUT2D eigenvalue weighted by Crippen LogP contribution is 2.32. The van der Waals surface area contributed by atoms with Gasteiger partial charge in [-0.3, -0.25) is 4.99 Å². The fraction of sp³-hybridized carbons (Fsp3) is 0.400. The summed E-state index contributed by atoms with van der Waals surface area (Å²) < 4.78 is 18.0. The van der Waals surface area contributed by atoms with Gasteiger partial charge >= 0.3 is 0 Å². The van der Waals surface area contributed by atoms with Crippen LogP contribution in [0.25, 0.3) is 0 Å². The Morgan fingerprint density at radius 3 is 3.07 bits per heavy atom. The molecule has 14 heavy (non-hydrogen) atoms. The van der Waals surface area contributed by atoms with Crippen LogP contribution in [0.1, 0.15) is 24.4 Å². The molecule has 0 fully saturated rings. The molecule has 1 atom stereocenters. The predicted molar refractivity (Wildman–Crippen MR) is 51.2 cm³/mol. The van der Waals surface area contributed by atoms with Crippen LogP contribution in [-0.4, -0.2) is 18.3 Å². The lowest BCUT2D eigenvalue weighted by Gasteiger charge is -2.10. The van der Waals surface area contributed by atoms with E-state index in [1.54, 1.807) is 0 Å². The summed E-state index contributed by atoms with van der Waals surface area (Å²) in [6.45, 7) is 0. The van der Waals surface area contributed by atoms with Crippen LogP contribution in [-0.2, 0) is 0 Å². The summed E-state index contributed by atoms with van der Waals surface area (Å²) in [6.07, 6.45) is 4.85. The van der Waals surface area contributed by atoms with E-state index in [1.807, 2.05) is 6.21 Å². The molecule has 0 aromatic carbocycles. The molecule has 4 heteroatoms. The number of ether oxygens (including phenoxy) is 1. The first kappa shape index (κ1) is 9.12. The largest absolute Gasteiger partial charge is 0.481 e. The topological polar surface area (TPSA) is 34.5 Å². The maximum atomic E-state index is 13.0. The number of aliphatic imine (C=N–C) groups is 1. The van der Waals surface area contributed by atoms with Crippen LogP contribution in [0.4, 0.5) is 4.39 Å². The summed E-state index contributed by atoms with van der Waals surface area (Å²) in [5.41, 5.74) is 0.737. The zero-order chi connectivity index (χ0) is 9.97. The third-order valence-corrected chi connectivity index (χ3v) is 2.25. The molecule has 0 radical (unpaired) electrons. The average molecular weight is 194 g/mol. The quantitative estimate of drug-likeness (QED) is 0.722. The number of rotatable bonds is 2. The first-order valence-corrected chi connectivity index (χ1v) is 4.52. The van der Waals surface area contributed by atoms with E-state index in [0.717, 1.165) is 24.6 Å². The Labute approximate surface area is 81.6 Å². The third-order valence-electron chi connectivity index (χ3n) is 2.25. The van der Waals surface area contributed by atoms with Crippen molar-refractivity contribution >= 4 is 6.21 Å². The summed E-state index contributed by atoms with van der Waals surface area (Å²) in [5.74, 6) is 0.123. The molecule has 1 aromatic rings. The monoisotopic (exact) mass is 194 g/mol. The molecule has 0 N–H and O–H groups in total. The fourth-order valence-electron chi connectivity index (χ4n) is 1.60. The summed E-state index contributed by atoms with van der Waals surface area (Å²) in [4.78, 5) is 8.11. The molecule has 0 unspecified atom stereocenters. The van der Waals surface area contributed by atoms with E-state index in [-0.39, 0.29) is 11.9 Å². The Morgan fingerprint density at radius 2 is 2.43 bits per heavy atom. The predicted octanol–water partition coefficient (Wildman–Crippen LogP) is 2.13. The average Bonchev–Trinajstić information content (AvgIpc) is 2.70. The maximum absolute atomic E-state index is 13.0. The van der Waals surface area contributed by atoms with Gasteiger partial charge in [-0.2, -0.15) is 0 Å². The molecular formula is C10H11FN2O. The van der Waals surface area contributed by atoms with E-state index >= 15 is 0 Å². The van der Waals surface area contributed by atoms with Crippen molar-refractivity contribution in [1.29, 1.82) is 0 Å². The highest BCUT2D eigenvalue weighted by molar-refractivity contribution is 5.60. The van der Waals surface area contributed by atoms with E-state index in [2.05, 4.69) is 9.98 Å². The minimum absolute atomic E-state index is 0.00755. The standard InChI is InChI=1S/C10H11FN2O/c1-14-10-8(5-7(11)6-13-10)9-3-2-4-12-9/h4-6,9H,2-3H2,1H3/t9-/m1/s1. The van der Waals surface area contributed by atoms with Crippen molar-refractivity contribution in [2.24, 2.45) is 4.99 Å². The second-order valence-corrected chi connectivity index (χ2v) is 3.18. The normalized spacial score (nSPS) is 20.0. The van der Waals surface area contributed by atoms with Crippen LogP contribution >= 0.6 is 0 Å². The highest BCUT2D eigenvalue weighted by Gasteiger charge is 2.19. The smallest absolute Gasteiger partial charge is 0.218 e. The number of halogens is 1. The van der Waals surface area contributed by atoms with Gasteiger partial charge in [-0.25, -0.2) is 9.37 Å². The number of hydrogen-bond donors (Lipinski definition) is 0. The molecule has 74 valence electrons. The van der Waals surface area contributed by atoms with Gasteiger partial charge in [0.1, 0.15) is 5.82 Å². The van der Waals surface area contributed by atoms with Gasteiger partial charge in [0.15, 0.2) is 0 Å². The molecule has 2 heterocycles. The Balaban J connectivity index is 2.38. The molecule has 0 aliphatic carbocycles. The Hall–Kier alpha value is -1.45.